The van der Waals surface area contributed by atoms with Gasteiger partial charge in [-0.3, -0.25) is 9.78 Å². The topological polar surface area (TPSA) is 30.0 Å². The molecule has 1 unspecified atom stereocenters. The summed E-state index contributed by atoms with van der Waals surface area (Å²) in [4.78, 5) is 17.2. The number of nitrogens with zero attached hydrogens (tertiary/aromatic N) is 1. The fourth-order valence-electron chi connectivity index (χ4n) is 4.87. The van der Waals surface area contributed by atoms with E-state index in [1.807, 2.05) is 12.1 Å². The van der Waals surface area contributed by atoms with E-state index >= 15 is 0 Å². The summed E-state index contributed by atoms with van der Waals surface area (Å²) < 4.78 is 0. The van der Waals surface area contributed by atoms with Crippen molar-refractivity contribution in [2.45, 2.75) is 116 Å². The van der Waals surface area contributed by atoms with Crippen molar-refractivity contribution in [3.63, 3.8) is 0 Å². The van der Waals surface area contributed by atoms with Gasteiger partial charge in [-0.05, 0) is 37.3 Å². The highest BCUT2D eigenvalue weighted by atomic mass is 16.1. The van der Waals surface area contributed by atoms with Gasteiger partial charge in [-0.25, -0.2) is 0 Å². The number of ketones is 1. The van der Waals surface area contributed by atoms with Gasteiger partial charge in [-0.1, -0.05) is 96.8 Å². The third kappa shape index (κ3) is 8.88. The lowest BCUT2D eigenvalue weighted by Gasteiger charge is -2.22. The van der Waals surface area contributed by atoms with Gasteiger partial charge in [0.1, 0.15) is 0 Å². The Hall–Kier alpha value is -1.18. The van der Waals surface area contributed by atoms with E-state index in [1.165, 1.54) is 103 Å². The summed E-state index contributed by atoms with van der Waals surface area (Å²) in [7, 11) is 0. The van der Waals surface area contributed by atoms with E-state index in [4.69, 9.17) is 0 Å². The normalized spacial score (nSPS) is 15.8. The summed E-state index contributed by atoms with van der Waals surface area (Å²) in [5.74, 6) is 1.19. The standard InChI is InChI=1S/C26H43NO/c1-2-3-4-5-6-7-8-9-10-11-12-13-20-25(23-17-14-15-18-23)26(28)24-19-16-21-27-22-24/h16,19,21-23,25H,2-15,17-18,20H2,1H3. The van der Waals surface area contributed by atoms with Crippen molar-refractivity contribution in [2.75, 3.05) is 0 Å². The first-order valence-corrected chi connectivity index (χ1v) is 12.3. The molecule has 2 rings (SSSR count). The molecule has 0 spiro atoms. The third-order valence-electron chi connectivity index (χ3n) is 6.62. The molecule has 0 radical (unpaired) electrons. The molecule has 1 aliphatic rings. The van der Waals surface area contributed by atoms with Gasteiger partial charge >= 0.3 is 0 Å². The van der Waals surface area contributed by atoms with Crippen molar-refractivity contribution in [2.24, 2.45) is 11.8 Å². The minimum absolute atomic E-state index is 0.231. The van der Waals surface area contributed by atoms with Crippen molar-refractivity contribution in [1.82, 2.24) is 4.98 Å². The van der Waals surface area contributed by atoms with Crippen LogP contribution in [-0.4, -0.2) is 10.8 Å². The van der Waals surface area contributed by atoms with Gasteiger partial charge in [0, 0.05) is 23.9 Å². The minimum atomic E-state index is 0.231. The van der Waals surface area contributed by atoms with E-state index in [0.717, 1.165) is 12.0 Å². The molecule has 0 bridgehead atoms. The van der Waals surface area contributed by atoms with E-state index in [2.05, 4.69) is 11.9 Å². The fourth-order valence-corrected chi connectivity index (χ4v) is 4.87. The molecule has 1 aliphatic carbocycles. The Balaban J connectivity index is 1.58. The molecule has 28 heavy (non-hydrogen) atoms. The first-order chi connectivity index (χ1) is 13.8. The summed E-state index contributed by atoms with van der Waals surface area (Å²) in [6.07, 6.45) is 26.2. The second-order valence-corrected chi connectivity index (χ2v) is 8.93. The molecule has 0 saturated heterocycles. The van der Waals surface area contributed by atoms with E-state index in [0.29, 0.717) is 11.7 Å². The number of hydrogen-bond donors (Lipinski definition) is 0. The van der Waals surface area contributed by atoms with Crippen LogP contribution < -0.4 is 0 Å². The van der Waals surface area contributed by atoms with Crippen LogP contribution in [0.15, 0.2) is 24.5 Å². The summed E-state index contributed by atoms with van der Waals surface area (Å²) in [6.45, 7) is 2.28. The van der Waals surface area contributed by atoms with E-state index in [-0.39, 0.29) is 5.92 Å². The monoisotopic (exact) mass is 385 g/mol. The maximum Gasteiger partial charge on any atom is 0.167 e. The molecule has 1 fully saturated rings. The van der Waals surface area contributed by atoms with Gasteiger partial charge in [0.15, 0.2) is 5.78 Å². The highest BCUT2D eigenvalue weighted by Crippen LogP contribution is 2.36. The molecule has 0 aromatic carbocycles. The van der Waals surface area contributed by atoms with Crippen molar-refractivity contribution >= 4 is 5.78 Å². The Morgan fingerprint density at radius 2 is 1.50 bits per heavy atom. The van der Waals surface area contributed by atoms with E-state index < -0.39 is 0 Å². The van der Waals surface area contributed by atoms with Crippen molar-refractivity contribution < 1.29 is 4.79 Å². The third-order valence-corrected chi connectivity index (χ3v) is 6.62. The van der Waals surface area contributed by atoms with Crippen molar-refractivity contribution in [1.29, 1.82) is 0 Å². The quantitative estimate of drug-likeness (QED) is 0.212. The maximum absolute atomic E-state index is 13.0. The number of unbranched alkanes of at least 4 members (excludes halogenated alkanes) is 11. The predicted octanol–water partition coefficient (Wildman–Crippen LogP) is 8.16. The number of carbonyl (C=O) groups is 1. The zero-order chi connectivity index (χ0) is 19.9. The highest BCUT2D eigenvalue weighted by molar-refractivity contribution is 5.97. The summed E-state index contributed by atoms with van der Waals surface area (Å²) >= 11 is 0. The van der Waals surface area contributed by atoms with Crippen LogP contribution in [0, 0.1) is 11.8 Å². The molecule has 2 heteroatoms. The second kappa shape index (κ2) is 14.8. The lowest BCUT2D eigenvalue weighted by molar-refractivity contribution is 0.0860. The molecule has 1 saturated carbocycles. The van der Waals surface area contributed by atoms with Crippen LogP contribution in [-0.2, 0) is 0 Å². The average molecular weight is 386 g/mol. The van der Waals surface area contributed by atoms with Crippen molar-refractivity contribution in [3.05, 3.63) is 30.1 Å². The largest absolute Gasteiger partial charge is 0.294 e. The Bertz CT molecular complexity index is 506. The molecule has 158 valence electrons. The van der Waals surface area contributed by atoms with Crippen LogP contribution >= 0.6 is 0 Å². The first kappa shape index (κ1) is 23.1. The average Bonchev–Trinajstić information content (AvgIpc) is 3.26. The molecule has 1 atom stereocenters. The number of rotatable bonds is 16. The number of carbonyl (C=O) groups excluding carboxylic acids is 1. The molecule has 1 aromatic heterocycles. The lowest BCUT2D eigenvalue weighted by Crippen LogP contribution is -2.22. The van der Waals surface area contributed by atoms with Crippen LogP contribution in [0.25, 0.3) is 0 Å². The Labute approximate surface area is 173 Å². The Morgan fingerprint density at radius 1 is 0.929 bits per heavy atom. The molecule has 2 nitrogen and oxygen atoms in total. The van der Waals surface area contributed by atoms with Gasteiger partial charge in [0.2, 0.25) is 0 Å². The molecule has 0 amide bonds. The molecular weight excluding hydrogens is 342 g/mol. The smallest absolute Gasteiger partial charge is 0.167 e. The SMILES string of the molecule is CCCCCCCCCCCCCCC(C(=O)c1cccnc1)C1CCCC1. The summed E-state index contributed by atoms with van der Waals surface area (Å²) in [5.41, 5.74) is 0.818. The van der Waals surface area contributed by atoms with Gasteiger partial charge in [0.05, 0.1) is 0 Å². The summed E-state index contributed by atoms with van der Waals surface area (Å²) in [6, 6.07) is 3.84. The second-order valence-electron chi connectivity index (χ2n) is 8.93. The van der Waals surface area contributed by atoms with Gasteiger partial charge < -0.3 is 0 Å². The zero-order valence-electron chi connectivity index (χ0n) is 18.3. The van der Waals surface area contributed by atoms with Gasteiger partial charge in [0.25, 0.3) is 0 Å². The number of pyridine rings is 1. The van der Waals surface area contributed by atoms with Gasteiger partial charge in [-0.2, -0.15) is 0 Å². The van der Waals surface area contributed by atoms with E-state index in [1.54, 1.807) is 12.4 Å². The maximum atomic E-state index is 13.0. The number of Topliss-reactive ketones (excluding diaryl/α,β-unsaturated/α-hetero) is 1. The van der Waals surface area contributed by atoms with Crippen LogP contribution in [0.4, 0.5) is 0 Å². The molecule has 1 aromatic rings. The van der Waals surface area contributed by atoms with Crippen LogP contribution in [0.3, 0.4) is 0 Å². The van der Waals surface area contributed by atoms with Gasteiger partial charge in [-0.15, -0.1) is 0 Å². The zero-order valence-corrected chi connectivity index (χ0v) is 18.3. The van der Waals surface area contributed by atoms with Crippen LogP contribution in [0.2, 0.25) is 0 Å². The molecular formula is C26H43NO. The predicted molar refractivity (Wildman–Crippen MR) is 120 cm³/mol. The van der Waals surface area contributed by atoms with E-state index in [9.17, 15) is 4.79 Å². The fraction of sp³-hybridized carbons (Fsp3) is 0.769. The number of aromatic nitrogens is 1. The molecule has 0 aliphatic heterocycles. The highest BCUT2D eigenvalue weighted by Gasteiger charge is 2.30. The molecule has 1 heterocycles. The number of hydrogen-bond acceptors (Lipinski definition) is 2. The Morgan fingerprint density at radius 3 is 2.04 bits per heavy atom. The first-order valence-electron chi connectivity index (χ1n) is 12.3. The van der Waals surface area contributed by atoms with Crippen LogP contribution in [0.5, 0.6) is 0 Å². The minimum Gasteiger partial charge on any atom is -0.294 e. The van der Waals surface area contributed by atoms with Crippen LogP contribution in [0.1, 0.15) is 126 Å². The molecule has 0 N–H and O–H groups in total. The Kier molecular flexibility index (Phi) is 12.2. The summed E-state index contributed by atoms with van der Waals surface area (Å²) in [5, 5.41) is 0. The van der Waals surface area contributed by atoms with Crippen molar-refractivity contribution in [3.8, 4) is 0 Å². The lowest BCUT2D eigenvalue weighted by atomic mass is 9.81.